The van der Waals surface area contributed by atoms with Gasteiger partial charge in [-0.1, -0.05) is 6.92 Å². The average molecular weight is 238 g/mol. The fourth-order valence-electron chi connectivity index (χ4n) is 1.37. The SMILES string of the molecule is CCCNCc1cnc(N(C)CCOC)nc1. The van der Waals surface area contributed by atoms with E-state index in [-0.39, 0.29) is 0 Å². The molecule has 0 aliphatic rings. The molecule has 0 spiro atoms. The number of ether oxygens (including phenoxy) is 1. The maximum Gasteiger partial charge on any atom is 0.225 e. The van der Waals surface area contributed by atoms with Crippen molar-refractivity contribution in [1.29, 1.82) is 0 Å². The highest BCUT2D eigenvalue weighted by atomic mass is 16.5. The van der Waals surface area contributed by atoms with Crippen LogP contribution in [0.25, 0.3) is 0 Å². The molecule has 0 bridgehead atoms. The van der Waals surface area contributed by atoms with Crippen LogP contribution in [-0.2, 0) is 11.3 Å². The van der Waals surface area contributed by atoms with Crippen LogP contribution in [-0.4, -0.2) is 43.8 Å². The molecule has 0 atom stereocenters. The Morgan fingerprint density at radius 1 is 1.35 bits per heavy atom. The van der Waals surface area contributed by atoms with Gasteiger partial charge in [0.25, 0.3) is 0 Å². The fraction of sp³-hybridized carbons (Fsp3) is 0.667. The van der Waals surface area contributed by atoms with Crippen LogP contribution in [0.3, 0.4) is 0 Å². The number of hydrogen-bond donors (Lipinski definition) is 1. The van der Waals surface area contributed by atoms with Gasteiger partial charge in [-0.25, -0.2) is 9.97 Å². The smallest absolute Gasteiger partial charge is 0.225 e. The number of nitrogens with zero attached hydrogens (tertiary/aromatic N) is 3. The summed E-state index contributed by atoms with van der Waals surface area (Å²) < 4.78 is 5.02. The summed E-state index contributed by atoms with van der Waals surface area (Å²) in [6.07, 6.45) is 4.88. The van der Waals surface area contributed by atoms with Crippen LogP contribution in [0.2, 0.25) is 0 Å². The Morgan fingerprint density at radius 3 is 2.65 bits per heavy atom. The lowest BCUT2D eigenvalue weighted by molar-refractivity contribution is 0.206. The van der Waals surface area contributed by atoms with Crippen LogP contribution in [0, 0.1) is 0 Å². The summed E-state index contributed by atoms with van der Waals surface area (Å²) in [4.78, 5) is 10.6. The molecule has 0 radical (unpaired) electrons. The second-order valence-electron chi connectivity index (χ2n) is 3.98. The molecule has 0 aliphatic carbocycles. The molecule has 0 aromatic carbocycles. The molecule has 0 amide bonds. The predicted octanol–water partition coefficient (Wildman–Crippen LogP) is 1.06. The summed E-state index contributed by atoms with van der Waals surface area (Å²) >= 11 is 0. The predicted molar refractivity (Wildman–Crippen MR) is 69.2 cm³/mol. The van der Waals surface area contributed by atoms with Gasteiger partial charge in [0.1, 0.15) is 0 Å². The lowest BCUT2D eigenvalue weighted by Gasteiger charge is -2.16. The number of anilines is 1. The van der Waals surface area contributed by atoms with Gasteiger partial charge in [0.2, 0.25) is 5.95 Å². The molecule has 17 heavy (non-hydrogen) atoms. The quantitative estimate of drug-likeness (QED) is 0.686. The van der Waals surface area contributed by atoms with Crippen LogP contribution in [0.4, 0.5) is 5.95 Å². The Kier molecular flexibility index (Phi) is 6.50. The van der Waals surface area contributed by atoms with Crippen molar-refractivity contribution < 1.29 is 4.74 Å². The summed E-state index contributed by atoms with van der Waals surface area (Å²) in [7, 11) is 3.65. The second kappa shape index (κ2) is 7.97. The molecule has 0 aliphatic heterocycles. The van der Waals surface area contributed by atoms with Crippen molar-refractivity contribution in [3.63, 3.8) is 0 Å². The van der Waals surface area contributed by atoms with E-state index in [1.165, 1.54) is 0 Å². The summed E-state index contributed by atoms with van der Waals surface area (Å²) in [5.41, 5.74) is 1.11. The van der Waals surface area contributed by atoms with Crippen molar-refractivity contribution in [1.82, 2.24) is 15.3 Å². The van der Waals surface area contributed by atoms with Gasteiger partial charge in [-0.2, -0.15) is 0 Å². The molecular weight excluding hydrogens is 216 g/mol. The summed E-state index contributed by atoms with van der Waals surface area (Å²) in [5.74, 6) is 0.737. The molecule has 0 saturated carbocycles. The third kappa shape index (κ3) is 5.10. The zero-order chi connectivity index (χ0) is 12.5. The van der Waals surface area contributed by atoms with E-state index in [4.69, 9.17) is 4.74 Å². The van der Waals surface area contributed by atoms with Crippen LogP contribution >= 0.6 is 0 Å². The molecule has 0 fully saturated rings. The molecule has 0 saturated heterocycles. The van der Waals surface area contributed by atoms with E-state index in [1.807, 2.05) is 24.3 Å². The third-order valence-corrected chi connectivity index (χ3v) is 2.42. The fourth-order valence-corrected chi connectivity index (χ4v) is 1.37. The first-order chi connectivity index (χ1) is 8.27. The van der Waals surface area contributed by atoms with E-state index >= 15 is 0 Å². The lowest BCUT2D eigenvalue weighted by Crippen LogP contribution is -2.24. The Bertz CT molecular complexity index is 302. The van der Waals surface area contributed by atoms with Crippen LogP contribution in [0.5, 0.6) is 0 Å². The lowest BCUT2D eigenvalue weighted by atomic mass is 10.3. The largest absolute Gasteiger partial charge is 0.383 e. The third-order valence-electron chi connectivity index (χ3n) is 2.42. The zero-order valence-electron chi connectivity index (χ0n) is 10.9. The first kappa shape index (κ1) is 13.9. The minimum absolute atomic E-state index is 0.680. The minimum atomic E-state index is 0.680. The summed E-state index contributed by atoms with van der Waals surface area (Å²) in [6, 6.07) is 0. The molecule has 1 aromatic heterocycles. The van der Waals surface area contributed by atoms with Gasteiger partial charge >= 0.3 is 0 Å². The van der Waals surface area contributed by atoms with Crippen molar-refractivity contribution in [2.24, 2.45) is 0 Å². The first-order valence-electron chi connectivity index (χ1n) is 5.99. The molecule has 5 nitrogen and oxygen atoms in total. The average Bonchev–Trinajstić information content (AvgIpc) is 2.37. The van der Waals surface area contributed by atoms with Crippen molar-refractivity contribution in [2.45, 2.75) is 19.9 Å². The van der Waals surface area contributed by atoms with E-state index in [1.54, 1.807) is 7.11 Å². The van der Waals surface area contributed by atoms with E-state index in [0.29, 0.717) is 6.61 Å². The normalized spacial score (nSPS) is 10.5. The van der Waals surface area contributed by atoms with Crippen molar-refractivity contribution in [2.75, 3.05) is 38.8 Å². The minimum Gasteiger partial charge on any atom is -0.383 e. The molecular formula is C12H22N4O. The maximum absolute atomic E-state index is 5.02. The Labute approximate surface area is 103 Å². The molecule has 96 valence electrons. The van der Waals surface area contributed by atoms with E-state index in [0.717, 1.165) is 37.6 Å². The first-order valence-corrected chi connectivity index (χ1v) is 5.99. The summed E-state index contributed by atoms with van der Waals surface area (Å²) in [6.45, 7) is 5.48. The number of hydrogen-bond acceptors (Lipinski definition) is 5. The number of rotatable bonds is 8. The standard InChI is InChI=1S/C12H22N4O/c1-4-5-13-8-11-9-14-12(15-10-11)16(2)6-7-17-3/h9-10,13H,4-8H2,1-3H3. The van der Waals surface area contributed by atoms with E-state index < -0.39 is 0 Å². The van der Waals surface area contributed by atoms with Crippen molar-refractivity contribution in [3.8, 4) is 0 Å². The highest BCUT2D eigenvalue weighted by Crippen LogP contribution is 2.04. The number of aromatic nitrogens is 2. The monoisotopic (exact) mass is 238 g/mol. The van der Waals surface area contributed by atoms with Gasteiger partial charge in [0, 0.05) is 45.2 Å². The van der Waals surface area contributed by atoms with Crippen molar-refractivity contribution in [3.05, 3.63) is 18.0 Å². The highest BCUT2D eigenvalue weighted by molar-refractivity contribution is 5.28. The molecule has 5 heteroatoms. The zero-order valence-corrected chi connectivity index (χ0v) is 10.9. The van der Waals surface area contributed by atoms with E-state index in [2.05, 4.69) is 22.2 Å². The molecule has 1 rings (SSSR count). The van der Waals surface area contributed by atoms with Gasteiger partial charge in [-0.05, 0) is 13.0 Å². The van der Waals surface area contributed by atoms with Gasteiger partial charge < -0.3 is 15.0 Å². The molecule has 1 N–H and O–H groups in total. The van der Waals surface area contributed by atoms with Gasteiger partial charge in [-0.3, -0.25) is 0 Å². The topological polar surface area (TPSA) is 50.3 Å². The Morgan fingerprint density at radius 2 is 2.06 bits per heavy atom. The number of likely N-dealkylation sites (N-methyl/N-ethyl adjacent to an activating group) is 1. The molecule has 1 heterocycles. The van der Waals surface area contributed by atoms with Gasteiger partial charge in [-0.15, -0.1) is 0 Å². The molecule has 1 aromatic rings. The van der Waals surface area contributed by atoms with E-state index in [9.17, 15) is 0 Å². The van der Waals surface area contributed by atoms with Gasteiger partial charge in [0.05, 0.1) is 6.61 Å². The van der Waals surface area contributed by atoms with Crippen molar-refractivity contribution >= 4 is 5.95 Å². The highest BCUT2D eigenvalue weighted by Gasteiger charge is 2.03. The summed E-state index contributed by atoms with van der Waals surface area (Å²) in [5, 5.41) is 3.32. The Hall–Kier alpha value is -1.20. The number of nitrogens with one attached hydrogen (secondary N) is 1. The van der Waals surface area contributed by atoms with Crippen LogP contribution in [0.1, 0.15) is 18.9 Å². The Balaban J connectivity index is 2.43. The van der Waals surface area contributed by atoms with Crippen LogP contribution < -0.4 is 10.2 Å². The second-order valence-corrected chi connectivity index (χ2v) is 3.98. The maximum atomic E-state index is 5.02. The number of methoxy groups -OCH3 is 1. The van der Waals surface area contributed by atoms with Gasteiger partial charge in [0.15, 0.2) is 0 Å². The molecule has 0 unspecified atom stereocenters. The van der Waals surface area contributed by atoms with Crippen LogP contribution in [0.15, 0.2) is 12.4 Å².